The molecule has 0 aliphatic rings. The summed E-state index contributed by atoms with van der Waals surface area (Å²) in [4.78, 5) is 24.2. The Hall–Kier alpha value is -1.56. The topological polar surface area (TPSA) is 56.3 Å². The molecule has 4 nitrogen and oxygen atoms in total. The Labute approximate surface area is 92.9 Å². The Bertz CT molecular complexity index is 400. The number of halogens is 2. The first-order valence-electron chi connectivity index (χ1n) is 3.79. The summed E-state index contributed by atoms with van der Waals surface area (Å²) in [5.74, 6) is -2.06. The normalized spacial score (nSPS) is 10.3. The van der Waals surface area contributed by atoms with Gasteiger partial charge in [0.25, 0.3) is 5.95 Å². The second-order valence-electron chi connectivity index (χ2n) is 2.33. The molecule has 0 saturated carbocycles. The quantitative estimate of drug-likeness (QED) is 0.364. The molecule has 0 N–H and O–H groups in total. The SMILES string of the molecule is O=CC=CC(=O)Oc1c(Br)ccnc1F. The van der Waals surface area contributed by atoms with E-state index in [1.54, 1.807) is 0 Å². The highest BCUT2D eigenvalue weighted by Crippen LogP contribution is 2.26. The molecule has 0 unspecified atom stereocenters. The number of nitrogens with zero attached hydrogens (tertiary/aromatic N) is 1. The lowest BCUT2D eigenvalue weighted by Gasteiger charge is -2.03. The van der Waals surface area contributed by atoms with E-state index in [2.05, 4.69) is 25.7 Å². The van der Waals surface area contributed by atoms with E-state index in [0.29, 0.717) is 6.29 Å². The highest BCUT2D eigenvalue weighted by Gasteiger charge is 2.11. The number of esters is 1. The van der Waals surface area contributed by atoms with Crippen LogP contribution in [0.5, 0.6) is 5.75 Å². The average Bonchev–Trinajstić information content (AvgIpc) is 2.21. The van der Waals surface area contributed by atoms with E-state index in [0.717, 1.165) is 12.2 Å². The molecule has 15 heavy (non-hydrogen) atoms. The zero-order valence-electron chi connectivity index (χ0n) is 7.31. The molecule has 0 aromatic carbocycles. The highest BCUT2D eigenvalue weighted by atomic mass is 79.9. The maximum atomic E-state index is 13.0. The van der Waals surface area contributed by atoms with E-state index in [-0.39, 0.29) is 10.2 Å². The van der Waals surface area contributed by atoms with Crippen LogP contribution in [0.2, 0.25) is 0 Å². The molecule has 1 rings (SSSR count). The third kappa shape index (κ3) is 3.25. The van der Waals surface area contributed by atoms with Gasteiger partial charge >= 0.3 is 5.97 Å². The summed E-state index contributed by atoms with van der Waals surface area (Å²) in [6, 6.07) is 1.43. The second kappa shape index (κ2) is 5.35. The molecule has 1 heterocycles. The summed E-state index contributed by atoms with van der Waals surface area (Å²) in [7, 11) is 0. The lowest BCUT2D eigenvalue weighted by Crippen LogP contribution is -2.06. The van der Waals surface area contributed by atoms with Crippen molar-refractivity contribution in [3.8, 4) is 5.75 Å². The van der Waals surface area contributed by atoms with Crippen LogP contribution < -0.4 is 4.74 Å². The van der Waals surface area contributed by atoms with E-state index in [9.17, 15) is 14.0 Å². The van der Waals surface area contributed by atoms with Gasteiger partial charge in [-0.1, -0.05) is 0 Å². The first-order valence-corrected chi connectivity index (χ1v) is 4.58. The van der Waals surface area contributed by atoms with Crippen LogP contribution in [-0.4, -0.2) is 17.2 Å². The molecule has 0 fully saturated rings. The zero-order valence-corrected chi connectivity index (χ0v) is 8.90. The van der Waals surface area contributed by atoms with Gasteiger partial charge < -0.3 is 4.74 Å². The van der Waals surface area contributed by atoms with E-state index in [4.69, 9.17) is 0 Å². The van der Waals surface area contributed by atoms with Crippen LogP contribution in [0.4, 0.5) is 4.39 Å². The number of ether oxygens (including phenoxy) is 1. The van der Waals surface area contributed by atoms with Crippen molar-refractivity contribution in [2.45, 2.75) is 0 Å². The monoisotopic (exact) mass is 273 g/mol. The van der Waals surface area contributed by atoms with Crippen LogP contribution in [0.1, 0.15) is 0 Å². The number of rotatable bonds is 3. The van der Waals surface area contributed by atoms with Gasteiger partial charge in [-0.3, -0.25) is 4.79 Å². The summed E-state index contributed by atoms with van der Waals surface area (Å²) in [6.45, 7) is 0. The number of aromatic nitrogens is 1. The Morgan fingerprint density at radius 1 is 1.60 bits per heavy atom. The fourth-order valence-electron chi connectivity index (χ4n) is 0.744. The van der Waals surface area contributed by atoms with Crippen molar-refractivity contribution in [2.75, 3.05) is 0 Å². The lowest BCUT2D eigenvalue weighted by molar-refractivity contribution is -0.129. The predicted octanol–water partition coefficient (Wildman–Crippen LogP) is 1.64. The third-order valence-corrected chi connectivity index (χ3v) is 1.95. The summed E-state index contributed by atoms with van der Waals surface area (Å²) < 4.78 is 17.9. The maximum Gasteiger partial charge on any atom is 0.336 e. The first-order chi connectivity index (χ1) is 7.15. The Morgan fingerprint density at radius 3 is 2.93 bits per heavy atom. The van der Waals surface area contributed by atoms with Crippen molar-refractivity contribution in [2.24, 2.45) is 0 Å². The summed E-state index contributed by atoms with van der Waals surface area (Å²) in [6.07, 6.45) is 3.46. The molecular formula is C9H5BrFNO3. The van der Waals surface area contributed by atoms with E-state index in [1.165, 1.54) is 12.3 Å². The average molecular weight is 274 g/mol. The molecule has 78 valence electrons. The van der Waals surface area contributed by atoms with Crippen molar-refractivity contribution in [1.82, 2.24) is 4.98 Å². The number of pyridine rings is 1. The number of hydrogen-bond acceptors (Lipinski definition) is 4. The van der Waals surface area contributed by atoms with E-state index >= 15 is 0 Å². The van der Waals surface area contributed by atoms with Gasteiger partial charge in [-0.2, -0.15) is 4.39 Å². The molecule has 0 aliphatic heterocycles. The molecule has 0 radical (unpaired) electrons. The van der Waals surface area contributed by atoms with Gasteiger partial charge in [-0.15, -0.1) is 0 Å². The predicted molar refractivity (Wildman–Crippen MR) is 52.7 cm³/mol. The smallest absolute Gasteiger partial charge is 0.336 e. The lowest BCUT2D eigenvalue weighted by atomic mass is 10.4. The fourth-order valence-corrected chi connectivity index (χ4v) is 1.11. The highest BCUT2D eigenvalue weighted by molar-refractivity contribution is 9.10. The summed E-state index contributed by atoms with van der Waals surface area (Å²) in [5, 5.41) is 0. The number of carbonyl (C=O) groups excluding carboxylic acids is 2. The van der Waals surface area contributed by atoms with Gasteiger partial charge in [0.1, 0.15) is 6.29 Å². The summed E-state index contributed by atoms with van der Waals surface area (Å²) in [5.41, 5.74) is 0. The Kier molecular flexibility index (Phi) is 4.11. The van der Waals surface area contributed by atoms with Crippen molar-refractivity contribution >= 4 is 28.2 Å². The second-order valence-corrected chi connectivity index (χ2v) is 3.18. The Balaban J connectivity index is 2.85. The number of hydrogen-bond donors (Lipinski definition) is 0. The van der Waals surface area contributed by atoms with Gasteiger partial charge in [0, 0.05) is 12.3 Å². The van der Waals surface area contributed by atoms with Gasteiger partial charge in [0.2, 0.25) is 0 Å². The number of allylic oxidation sites excluding steroid dienone is 1. The van der Waals surface area contributed by atoms with Gasteiger partial charge in [-0.05, 0) is 28.1 Å². The molecule has 1 aromatic rings. The van der Waals surface area contributed by atoms with Crippen molar-refractivity contribution in [1.29, 1.82) is 0 Å². The van der Waals surface area contributed by atoms with E-state index in [1.807, 2.05) is 0 Å². The summed E-state index contributed by atoms with van der Waals surface area (Å²) >= 11 is 2.99. The molecule has 0 bridgehead atoms. The molecular weight excluding hydrogens is 269 g/mol. The molecule has 0 atom stereocenters. The largest absolute Gasteiger partial charge is 0.417 e. The first kappa shape index (κ1) is 11.5. The molecule has 6 heteroatoms. The Morgan fingerprint density at radius 2 is 2.33 bits per heavy atom. The zero-order chi connectivity index (χ0) is 11.3. The van der Waals surface area contributed by atoms with Crippen LogP contribution in [0.25, 0.3) is 0 Å². The van der Waals surface area contributed by atoms with Crippen LogP contribution >= 0.6 is 15.9 Å². The van der Waals surface area contributed by atoms with Crippen LogP contribution in [-0.2, 0) is 9.59 Å². The molecule has 0 aliphatic carbocycles. The maximum absolute atomic E-state index is 13.0. The standard InChI is InChI=1S/C9H5BrFNO3/c10-6-3-4-12-9(11)8(6)15-7(14)2-1-5-13/h1-5H. The minimum Gasteiger partial charge on any atom is -0.417 e. The van der Waals surface area contributed by atoms with E-state index < -0.39 is 11.9 Å². The third-order valence-electron chi connectivity index (χ3n) is 1.33. The van der Waals surface area contributed by atoms with Crippen molar-refractivity contribution < 1.29 is 18.7 Å². The van der Waals surface area contributed by atoms with Gasteiger partial charge in [0.15, 0.2) is 5.75 Å². The molecule has 0 saturated heterocycles. The van der Waals surface area contributed by atoms with Crippen LogP contribution in [0.3, 0.4) is 0 Å². The van der Waals surface area contributed by atoms with Gasteiger partial charge in [-0.25, -0.2) is 9.78 Å². The van der Waals surface area contributed by atoms with Crippen LogP contribution in [0.15, 0.2) is 28.9 Å². The van der Waals surface area contributed by atoms with Crippen molar-refractivity contribution in [3.05, 3.63) is 34.8 Å². The molecule has 1 aromatic heterocycles. The molecule has 0 amide bonds. The number of aldehydes is 1. The molecule has 0 spiro atoms. The number of carbonyl (C=O) groups is 2. The fraction of sp³-hybridized carbons (Fsp3) is 0. The van der Waals surface area contributed by atoms with Crippen LogP contribution in [0, 0.1) is 5.95 Å². The minimum absolute atomic E-state index is 0.267. The van der Waals surface area contributed by atoms with Crippen molar-refractivity contribution in [3.63, 3.8) is 0 Å². The van der Waals surface area contributed by atoms with Gasteiger partial charge in [0.05, 0.1) is 4.47 Å². The minimum atomic E-state index is -0.905.